The quantitative estimate of drug-likeness (QED) is 0.380. The number of hydrogen-bond acceptors (Lipinski definition) is 8. The lowest BCUT2D eigenvalue weighted by Crippen LogP contribution is -2.20. The van der Waals surface area contributed by atoms with Crippen molar-refractivity contribution in [3.8, 4) is 11.5 Å². The van der Waals surface area contributed by atoms with E-state index in [1.165, 1.54) is 14.2 Å². The first-order valence-corrected chi connectivity index (χ1v) is 10.8. The van der Waals surface area contributed by atoms with Crippen LogP contribution in [0.4, 0.5) is 5.69 Å². The Hall–Kier alpha value is -4.92. The average Bonchev–Trinajstić information content (AvgIpc) is 3.28. The number of carbonyl (C=O) groups is 3. The van der Waals surface area contributed by atoms with Gasteiger partial charge in [0.25, 0.3) is 5.91 Å². The van der Waals surface area contributed by atoms with E-state index in [1.54, 1.807) is 60.7 Å². The largest absolute Gasteiger partial charge is 0.493 e. The topological polar surface area (TPSA) is 113 Å². The number of carbonyl (C=O) groups excluding carboxylic acids is 3. The molecule has 4 rings (SSSR count). The van der Waals surface area contributed by atoms with Crippen molar-refractivity contribution >= 4 is 35.5 Å². The number of rotatable bonds is 8. The second-order valence-electron chi connectivity index (χ2n) is 7.52. The van der Waals surface area contributed by atoms with E-state index >= 15 is 0 Å². The molecular formula is C27H22N2O7. The van der Waals surface area contributed by atoms with E-state index in [9.17, 15) is 14.4 Å². The van der Waals surface area contributed by atoms with Crippen LogP contribution in [0.3, 0.4) is 0 Å². The van der Waals surface area contributed by atoms with Gasteiger partial charge < -0.3 is 24.3 Å². The van der Waals surface area contributed by atoms with Crippen molar-refractivity contribution in [2.24, 2.45) is 4.99 Å². The summed E-state index contributed by atoms with van der Waals surface area (Å²) in [5.41, 5.74) is 2.37. The Kier molecular flexibility index (Phi) is 7.40. The zero-order valence-corrected chi connectivity index (χ0v) is 19.5. The molecule has 36 heavy (non-hydrogen) atoms. The van der Waals surface area contributed by atoms with Crippen molar-refractivity contribution in [1.29, 1.82) is 0 Å². The predicted octanol–water partition coefficient (Wildman–Crippen LogP) is 3.84. The van der Waals surface area contributed by atoms with Crippen molar-refractivity contribution in [2.75, 3.05) is 26.1 Å². The second kappa shape index (κ2) is 11.0. The molecule has 0 aromatic heterocycles. The number of methoxy groups -OCH3 is 2. The number of benzene rings is 3. The third-order valence-electron chi connectivity index (χ3n) is 5.08. The van der Waals surface area contributed by atoms with Gasteiger partial charge in [0, 0.05) is 11.3 Å². The lowest BCUT2D eigenvalue weighted by molar-refractivity contribution is -0.130. The zero-order valence-electron chi connectivity index (χ0n) is 19.5. The maximum Gasteiger partial charge on any atom is 0.363 e. The summed E-state index contributed by atoms with van der Waals surface area (Å²) in [5.74, 6) is -0.452. The molecule has 0 spiro atoms. The summed E-state index contributed by atoms with van der Waals surface area (Å²) in [7, 11) is 2.77. The molecule has 182 valence electrons. The monoisotopic (exact) mass is 486 g/mol. The number of anilines is 1. The Labute approximate surface area is 207 Å². The van der Waals surface area contributed by atoms with Gasteiger partial charge in [0.1, 0.15) is 0 Å². The summed E-state index contributed by atoms with van der Waals surface area (Å²) in [6.07, 6.45) is 1.58. The fourth-order valence-corrected chi connectivity index (χ4v) is 3.31. The standard InChI is InChI=1S/C27H22N2O7/c1-33-23-15-17(14-21-27(32)36-25(29-21)18-6-4-3-5-7-18)8-13-22(23)35-16-24(30)28-20-11-9-19(10-12-20)26(31)34-2/h3-15H,16H2,1-2H3,(H,28,30)/b21-14-. The minimum absolute atomic E-state index is 0.155. The molecule has 1 aliphatic heterocycles. The first-order valence-electron chi connectivity index (χ1n) is 10.8. The molecule has 0 fully saturated rings. The van der Waals surface area contributed by atoms with E-state index in [1.807, 2.05) is 18.2 Å². The van der Waals surface area contributed by atoms with Crippen molar-refractivity contribution in [2.45, 2.75) is 0 Å². The zero-order chi connectivity index (χ0) is 25.5. The highest BCUT2D eigenvalue weighted by atomic mass is 16.6. The number of nitrogens with one attached hydrogen (secondary N) is 1. The Bertz CT molecular complexity index is 1350. The average molecular weight is 486 g/mol. The maximum absolute atomic E-state index is 12.3. The van der Waals surface area contributed by atoms with Crippen LogP contribution < -0.4 is 14.8 Å². The van der Waals surface area contributed by atoms with Gasteiger partial charge >= 0.3 is 11.9 Å². The molecule has 1 amide bonds. The molecular weight excluding hydrogens is 464 g/mol. The molecule has 0 bridgehead atoms. The van der Waals surface area contributed by atoms with E-state index in [-0.39, 0.29) is 18.2 Å². The molecule has 0 unspecified atom stereocenters. The molecule has 1 aliphatic rings. The second-order valence-corrected chi connectivity index (χ2v) is 7.52. The van der Waals surface area contributed by atoms with Gasteiger partial charge in [0.05, 0.1) is 19.8 Å². The third kappa shape index (κ3) is 5.76. The number of amides is 1. The van der Waals surface area contributed by atoms with Crippen LogP contribution in [-0.2, 0) is 19.1 Å². The first-order chi connectivity index (χ1) is 17.5. The number of aliphatic imine (C=N–C) groups is 1. The summed E-state index contributed by atoms with van der Waals surface area (Å²) >= 11 is 0. The fourth-order valence-electron chi connectivity index (χ4n) is 3.31. The molecule has 9 heteroatoms. The maximum atomic E-state index is 12.3. The Morgan fingerprint density at radius 3 is 2.42 bits per heavy atom. The first kappa shape index (κ1) is 24.2. The molecule has 0 saturated carbocycles. The lowest BCUT2D eigenvalue weighted by Gasteiger charge is -2.12. The van der Waals surface area contributed by atoms with Gasteiger partial charge in [-0.3, -0.25) is 4.79 Å². The number of hydrogen-bond donors (Lipinski definition) is 1. The van der Waals surface area contributed by atoms with Crippen LogP contribution in [0.1, 0.15) is 21.5 Å². The van der Waals surface area contributed by atoms with Gasteiger partial charge in [-0.25, -0.2) is 14.6 Å². The highest BCUT2D eigenvalue weighted by molar-refractivity contribution is 6.12. The van der Waals surface area contributed by atoms with Crippen LogP contribution in [0.2, 0.25) is 0 Å². The molecule has 3 aromatic rings. The van der Waals surface area contributed by atoms with Gasteiger partial charge in [-0.15, -0.1) is 0 Å². The van der Waals surface area contributed by atoms with Gasteiger partial charge in [-0.05, 0) is 60.2 Å². The van der Waals surface area contributed by atoms with Crippen molar-refractivity contribution in [3.05, 3.63) is 95.2 Å². The number of ether oxygens (including phenoxy) is 4. The van der Waals surface area contributed by atoms with Gasteiger partial charge in [0.2, 0.25) is 5.90 Å². The molecule has 1 heterocycles. The lowest BCUT2D eigenvalue weighted by atomic mass is 10.1. The van der Waals surface area contributed by atoms with E-state index in [0.717, 1.165) is 0 Å². The highest BCUT2D eigenvalue weighted by Gasteiger charge is 2.24. The summed E-state index contributed by atoms with van der Waals surface area (Å²) in [6.45, 7) is -0.271. The van der Waals surface area contributed by atoms with Crippen LogP contribution in [0, 0.1) is 0 Å². The number of esters is 2. The minimum Gasteiger partial charge on any atom is -0.493 e. The van der Waals surface area contributed by atoms with Crippen molar-refractivity contribution in [3.63, 3.8) is 0 Å². The summed E-state index contributed by atoms with van der Waals surface area (Å²) in [5, 5.41) is 2.68. The predicted molar refractivity (Wildman–Crippen MR) is 132 cm³/mol. The summed E-state index contributed by atoms with van der Waals surface area (Å²) in [6, 6.07) is 20.4. The van der Waals surface area contributed by atoms with E-state index < -0.39 is 17.8 Å². The molecule has 0 saturated heterocycles. The summed E-state index contributed by atoms with van der Waals surface area (Å²) in [4.78, 5) is 40.3. The molecule has 0 aliphatic carbocycles. The van der Waals surface area contributed by atoms with Crippen LogP contribution in [0.15, 0.2) is 83.5 Å². The molecule has 1 N–H and O–H groups in total. The van der Waals surface area contributed by atoms with Crippen LogP contribution >= 0.6 is 0 Å². The van der Waals surface area contributed by atoms with Crippen molar-refractivity contribution in [1.82, 2.24) is 0 Å². The van der Waals surface area contributed by atoms with E-state index in [2.05, 4.69) is 15.0 Å². The highest BCUT2D eigenvalue weighted by Crippen LogP contribution is 2.30. The van der Waals surface area contributed by atoms with Gasteiger partial charge in [-0.2, -0.15) is 0 Å². The van der Waals surface area contributed by atoms with Crippen LogP contribution in [-0.4, -0.2) is 44.6 Å². The van der Waals surface area contributed by atoms with E-state index in [4.69, 9.17) is 14.2 Å². The molecule has 0 atom stereocenters. The molecule has 0 radical (unpaired) electrons. The normalized spacial score (nSPS) is 13.6. The molecule has 9 nitrogen and oxygen atoms in total. The van der Waals surface area contributed by atoms with Gasteiger partial charge in [-0.1, -0.05) is 24.3 Å². The van der Waals surface area contributed by atoms with E-state index in [0.29, 0.717) is 33.9 Å². The minimum atomic E-state index is -0.551. The Morgan fingerprint density at radius 2 is 1.72 bits per heavy atom. The number of nitrogens with zero attached hydrogens (tertiary/aromatic N) is 1. The SMILES string of the molecule is COC(=O)c1ccc(NC(=O)COc2ccc(/C=C3\N=C(c4ccccc4)OC3=O)cc2OC)cc1. The van der Waals surface area contributed by atoms with Crippen LogP contribution in [0.5, 0.6) is 11.5 Å². The smallest absolute Gasteiger partial charge is 0.363 e. The molecule has 3 aromatic carbocycles. The summed E-state index contributed by atoms with van der Waals surface area (Å²) < 4.78 is 20.9. The third-order valence-corrected chi connectivity index (χ3v) is 5.08. The van der Waals surface area contributed by atoms with Crippen molar-refractivity contribution < 1.29 is 33.3 Å². The Balaban J connectivity index is 1.40. The Morgan fingerprint density at radius 1 is 0.972 bits per heavy atom. The van der Waals surface area contributed by atoms with Crippen LogP contribution in [0.25, 0.3) is 6.08 Å². The van der Waals surface area contributed by atoms with Gasteiger partial charge in [0.15, 0.2) is 23.8 Å². The fraction of sp³-hybridized carbons (Fsp3) is 0.111. The number of cyclic esters (lactones) is 1.